The van der Waals surface area contributed by atoms with Gasteiger partial charge < -0.3 is 14.8 Å². The number of benzene rings is 1. The van der Waals surface area contributed by atoms with Gasteiger partial charge in [0.05, 0.1) is 25.8 Å². The fraction of sp³-hybridized carbons (Fsp3) is 0.611. The normalized spacial score (nSPS) is 21.9. The van der Waals surface area contributed by atoms with Crippen LogP contribution in [-0.2, 0) is 11.3 Å². The lowest BCUT2D eigenvalue weighted by Crippen LogP contribution is -2.40. The van der Waals surface area contributed by atoms with Gasteiger partial charge in [-0.15, -0.1) is 12.4 Å². The number of rotatable bonds is 6. The second-order valence-corrected chi connectivity index (χ2v) is 6.72. The zero-order valence-corrected chi connectivity index (χ0v) is 15.5. The van der Waals surface area contributed by atoms with Crippen molar-refractivity contribution in [2.75, 3.05) is 13.7 Å². The molecule has 1 aliphatic heterocycles. The maximum absolute atomic E-state index is 13.2. The molecule has 0 bridgehead atoms. The maximum atomic E-state index is 13.2. The molecule has 1 aromatic rings. The van der Waals surface area contributed by atoms with E-state index in [2.05, 4.69) is 10.6 Å². The molecule has 8 heteroatoms. The van der Waals surface area contributed by atoms with E-state index in [1.807, 2.05) is 12.1 Å². The van der Waals surface area contributed by atoms with Gasteiger partial charge in [0, 0.05) is 13.0 Å². The topological polar surface area (TPSA) is 59.6 Å². The van der Waals surface area contributed by atoms with E-state index in [9.17, 15) is 13.6 Å². The van der Waals surface area contributed by atoms with Crippen molar-refractivity contribution in [2.24, 2.45) is 0 Å². The summed E-state index contributed by atoms with van der Waals surface area (Å²) < 4.78 is 37.7. The van der Waals surface area contributed by atoms with Crippen LogP contribution in [0.2, 0.25) is 0 Å². The first-order valence-corrected chi connectivity index (χ1v) is 8.69. The van der Waals surface area contributed by atoms with Crippen molar-refractivity contribution in [3.63, 3.8) is 0 Å². The highest BCUT2D eigenvalue weighted by atomic mass is 35.5. The van der Waals surface area contributed by atoms with Gasteiger partial charge in [0.2, 0.25) is 5.91 Å². The standard InChI is InChI=1S/C18H24F2N2O3.ClH/c1-24-15-7-6-12(8-16(15)25-13-4-2-3-5-13)10-21-17(23)14-9-18(19,20)11-22-14;/h6-8,13-14,22H,2-5,9-11H2,1H3,(H,21,23);1H. The zero-order valence-electron chi connectivity index (χ0n) is 14.7. The zero-order chi connectivity index (χ0) is 17.9. The predicted molar refractivity (Wildman–Crippen MR) is 96.3 cm³/mol. The highest BCUT2D eigenvalue weighted by Crippen LogP contribution is 2.32. The summed E-state index contributed by atoms with van der Waals surface area (Å²) in [5.74, 6) is -1.92. The maximum Gasteiger partial charge on any atom is 0.262 e. The number of carbonyl (C=O) groups is 1. The summed E-state index contributed by atoms with van der Waals surface area (Å²) in [5, 5.41) is 5.26. The largest absolute Gasteiger partial charge is 0.493 e. The van der Waals surface area contributed by atoms with Crippen molar-refractivity contribution in [1.82, 2.24) is 10.6 Å². The first-order chi connectivity index (χ1) is 12.0. The van der Waals surface area contributed by atoms with Crippen molar-refractivity contribution in [2.45, 2.75) is 56.7 Å². The highest BCUT2D eigenvalue weighted by molar-refractivity contribution is 5.85. The number of nitrogens with one attached hydrogen (secondary N) is 2. The van der Waals surface area contributed by atoms with Crippen LogP contribution in [0, 0.1) is 0 Å². The number of ether oxygens (including phenoxy) is 2. The van der Waals surface area contributed by atoms with E-state index in [-0.39, 0.29) is 25.1 Å². The molecule has 0 radical (unpaired) electrons. The van der Waals surface area contributed by atoms with Gasteiger partial charge in [-0.2, -0.15) is 0 Å². The van der Waals surface area contributed by atoms with E-state index in [0.717, 1.165) is 18.4 Å². The van der Waals surface area contributed by atoms with Gasteiger partial charge in [-0.25, -0.2) is 8.78 Å². The summed E-state index contributed by atoms with van der Waals surface area (Å²) in [5.41, 5.74) is 0.840. The quantitative estimate of drug-likeness (QED) is 0.783. The van der Waals surface area contributed by atoms with Gasteiger partial charge in [0.25, 0.3) is 5.92 Å². The number of amides is 1. The van der Waals surface area contributed by atoms with Crippen LogP contribution in [0.25, 0.3) is 0 Å². The van der Waals surface area contributed by atoms with Crippen LogP contribution in [0.1, 0.15) is 37.7 Å². The molecule has 0 aromatic heterocycles. The Labute approximate surface area is 158 Å². The van der Waals surface area contributed by atoms with Gasteiger partial charge in [0.15, 0.2) is 11.5 Å². The molecule has 1 heterocycles. The SMILES string of the molecule is COc1ccc(CNC(=O)C2CC(F)(F)CN2)cc1OC1CCCC1.Cl. The molecule has 2 N–H and O–H groups in total. The average Bonchev–Trinajstić information content (AvgIpc) is 3.22. The summed E-state index contributed by atoms with van der Waals surface area (Å²) in [6.45, 7) is -0.194. The summed E-state index contributed by atoms with van der Waals surface area (Å²) in [4.78, 5) is 12.0. The number of methoxy groups -OCH3 is 1. The minimum absolute atomic E-state index is 0. The molecule has 146 valence electrons. The van der Waals surface area contributed by atoms with E-state index in [1.165, 1.54) is 12.8 Å². The number of carbonyl (C=O) groups excluding carboxylic acids is 1. The fourth-order valence-corrected chi connectivity index (χ4v) is 3.32. The molecule has 1 amide bonds. The average molecular weight is 391 g/mol. The molecular weight excluding hydrogens is 366 g/mol. The third-order valence-corrected chi connectivity index (χ3v) is 4.72. The molecule has 1 saturated heterocycles. The van der Waals surface area contributed by atoms with Crippen LogP contribution in [-0.4, -0.2) is 37.6 Å². The minimum Gasteiger partial charge on any atom is -0.493 e. The third kappa shape index (κ3) is 5.20. The number of halogens is 3. The van der Waals surface area contributed by atoms with Crippen LogP contribution >= 0.6 is 12.4 Å². The summed E-state index contributed by atoms with van der Waals surface area (Å²) in [7, 11) is 1.59. The molecule has 26 heavy (non-hydrogen) atoms. The lowest BCUT2D eigenvalue weighted by molar-refractivity contribution is -0.123. The molecular formula is C18H25ClF2N2O3. The first kappa shape index (κ1) is 20.7. The fourth-order valence-electron chi connectivity index (χ4n) is 3.32. The molecule has 2 aliphatic rings. The Hall–Kier alpha value is -1.60. The van der Waals surface area contributed by atoms with Crippen molar-refractivity contribution in [3.8, 4) is 11.5 Å². The molecule has 1 saturated carbocycles. The molecule has 3 rings (SSSR count). The van der Waals surface area contributed by atoms with Crippen molar-refractivity contribution in [1.29, 1.82) is 0 Å². The number of hydrogen-bond donors (Lipinski definition) is 2. The summed E-state index contributed by atoms with van der Waals surface area (Å²) in [6, 6.07) is 4.63. The van der Waals surface area contributed by atoms with Gasteiger partial charge in [0.1, 0.15) is 0 Å². The minimum atomic E-state index is -2.82. The Bertz CT molecular complexity index is 624. The lowest BCUT2D eigenvalue weighted by atomic mass is 10.1. The van der Waals surface area contributed by atoms with E-state index < -0.39 is 30.8 Å². The molecule has 0 spiro atoms. The highest BCUT2D eigenvalue weighted by Gasteiger charge is 2.42. The van der Waals surface area contributed by atoms with Gasteiger partial charge in [-0.05, 0) is 43.4 Å². The van der Waals surface area contributed by atoms with E-state index in [4.69, 9.17) is 9.47 Å². The van der Waals surface area contributed by atoms with Crippen molar-refractivity contribution >= 4 is 18.3 Å². The smallest absolute Gasteiger partial charge is 0.262 e. The van der Waals surface area contributed by atoms with Gasteiger partial charge in [-0.1, -0.05) is 6.07 Å². The summed E-state index contributed by atoms with van der Waals surface area (Å²) >= 11 is 0. The van der Waals surface area contributed by atoms with E-state index >= 15 is 0 Å². The van der Waals surface area contributed by atoms with Crippen LogP contribution < -0.4 is 20.1 Å². The Balaban J connectivity index is 0.00000243. The van der Waals surface area contributed by atoms with Crippen LogP contribution in [0.4, 0.5) is 8.78 Å². The Morgan fingerprint density at radius 3 is 2.65 bits per heavy atom. The second kappa shape index (κ2) is 8.86. The van der Waals surface area contributed by atoms with Gasteiger partial charge >= 0.3 is 0 Å². The predicted octanol–water partition coefficient (Wildman–Crippen LogP) is 3.05. The monoisotopic (exact) mass is 390 g/mol. The lowest BCUT2D eigenvalue weighted by Gasteiger charge is -2.17. The molecule has 2 fully saturated rings. The van der Waals surface area contributed by atoms with E-state index in [1.54, 1.807) is 13.2 Å². The summed E-state index contributed by atoms with van der Waals surface area (Å²) in [6.07, 6.45) is 4.14. The molecule has 1 aromatic carbocycles. The van der Waals surface area contributed by atoms with Crippen molar-refractivity contribution in [3.05, 3.63) is 23.8 Å². The molecule has 1 unspecified atom stereocenters. The Morgan fingerprint density at radius 1 is 1.31 bits per heavy atom. The van der Waals surface area contributed by atoms with Gasteiger partial charge in [-0.3, -0.25) is 10.1 Å². The van der Waals surface area contributed by atoms with Crippen LogP contribution in [0.15, 0.2) is 18.2 Å². The number of alkyl halides is 2. The first-order valence-electron chi connectivity index (χ1n) is 8.69. The number of hydrogen-bond acceptors (Lipinski definition) is 4. The van der Waals surface area contributed by atoms with Crippen LogP contribution in [0.5, 0.6) is 11.5 Å². The van der Waals surface area contributed by atoms with E-state index in [0.29, 0.717) is 11.5 Å². The van der Waals surface area contributed by atoms with Crippen molar-refractivity contribution < 1.29 is 23.0 Å². The Kier molecular flexibility index (Phi) is 7.06. The Morgan fingerprint density at radius 2 is 2.04 bits per heavy atom. The second-order valence-electron chi connectivity index (χ2n) is 6.72. The molecule has 1 atom stereocenters. The molecule has 1 aliphatic carbocycles. The third-order valence-electron chi connectivity index (χ3n) is 4.72. The van der Waals surface area contributed by atoms with Crippen LogP contribution in [0.3, 0.4) is 0 Å². The molecule has 5 nitrogen and oxygen atoms in total.